The lowest BCUT2D eigenvalue weighted by Gasteiger charge is -2.15. The lowest BCUT2D eigenvalue weighted by Crippen LogP contribution is -2.02. The smallest absolute Gasteiger partial charge is 0.166 e. The highest BCUT2D eigenvalue weighted by Gasteiger charge is 2.10. The number of rotatable bonds is 6. The van der Waals surface area contributed by atoms with Gasteiger partial charge in [-0.1, -0.05) is 30.3 Å². The molecule has 0 saturated carbocycles. The van der Waals surface area contributed by atoms with E-state index in [9.17, 15) is 0 Å². The molecule has 0 radical (unpaired) electrons. The second kappa shape index (κ2) is 7.37. The Morgan fingerprint density at radius 2 is 1.81 bits per heavy atom. The minimum atomic E-state index is 0.406. The number of benzene rings is 2. The number of halogens is 1. The van der Waals surface area contributed by atoms with Crippen molar-refractivity contribution in [3.8, 4) is 11.5 Å². The first-order chi connectivity index (χ1) is 10.2. The van der Waals surface area contributed by atoms with Crippen molar-refractivity contribution in [3.63, 3.8) is 0 Å². The van der Waals surface area contributed by atoms with E-state index in [1.54, 1.807) is 0 Å². The Kier molecular flexibility index (Phi) is 5.51. The maximum absolute atomic E-state index is 6.00. The van der Waals surface area contributed by atoms with Gasteiger partial charge in [0.1, 0.15) is 6.61 Å². The Morgan fingerprint density at radius 1 is 1.00 bits per heavy atom. The maximum atomic E-state index is 6.00. The van der Waals surface area contributed by atoms with Gasteiger partial charge >= 0.3 is 0 Å². The van der Waals surface area contributed by atoms with Gasteiger partial charge in [-0.25, -0.2) is 0 Å². The van der Waals surface area contributed by atoms with Crippen LogP contribution in [-0.2, 0) is 12.5 Å². The summed E-state index contributed by atoms with van der Waals surface area (Å²) in [5.41, 5.74) is 4.65. The van der Waals surface area contributed by atoms with Gasteiger partial charge in [-0.3, -0.25) is 0 Å². The van der Waals surface area contributed by atoms with Gasteiger partial charge < -0.3 is 9.47 Å². The average Bonchev–Trinajstić information content (AvgIpc) is 2.49. The van der Waals surface area contributed by atoms with Crippen LogP contribution in [0.3, 0.4) is 0 Å². The molecule has 0 aliphatic carbocycles. The van der Waals surface area contributed by atoms with Crippen LogP contribution in [0, 0.1) is 13.8 Å². The number of hydrogen-bond acceptors (Lipinski definition) is 2. The highest BCUT2D eigenvalue weighted by atomic mass is 35.5. The fourth-order valence-corrected chi connectivity index (χ4v) is 2.36. The van der Waals surface area contributed by atoms with Crippen LogP contribution in [0.5, 0.6) is 11.5 Å². The zero-order valence-corrected chi connectivity index (χ0v) is 13.5. The summed E-state index contributed by atoms with van der Waals surface area (Å²) < 4.78 is 11.6. The van der Waals surface area contributed by atoms with Crippen molar-refractivity contribution in [2.24, 2.45) is 0 Å². The molecule has 2 aromatic carbocycles. The van der Waals surface area contributed by atoms with E-state index in [4.69, 9.17) is 21.1 Å². The highest BCUT2D eigenvalue weighted by molar-refractivity contribution is 6.17. The van der Waals surface area contributed by atoms with Crippen LogP contribution in [0.25, 0.3) is 0 Å². The van der Waals surface area contributed by atoms with Crippen LogP contribution in [0.1, 0.15) is 29.2 Å². The van der Waals surface area contributed by atoms with Crippen LogP contribution in [0.4, 0.5) is 0 Å². The van der Waals surface area contributed by atoms with Gasteiger partial charge in [0.15, 0.2) is 11.5 Å². The van der Waals surface area contributed by atoms with Gasteiger partial charge in [0, 0.05) is 5.56 Å². The van der Waals surface area contributed by atoms with Crippen LogP contribution in [0.15, 0.2) is 36.4 Å². The van der Waals surface area contributed by atoms with Crippen molar-refractivity contribution < 1.29 is 9.47 Å². The molecule has 2 rings (SSSR count). The third kappa shape index (κ3) is 3.92. The normalized spacial score (nSPS) is 10.5. The molecule has 0 amide bonds. The Labute approximate surface area is 131 Å². The second-order valence-corrected chi connectivity index (χ2v) is 5.29. The Balaban J connectivity index is 2.20. The molecule has 0 saturated heterocycles. The molecule has 0 unspecified atom stereocenters. The number of para-hydroxylation sites is 1. The Bertz CT molecular complexity index is 608. The van der Waals surface area contributed by atoms with E-state index in [0.717, 1.165) is 22.6 Å². The van der Waals surface area contributed by atoms with E-state index in [-0.39, 0.29) is 0 Å². The fraction of sp³-hybridized carbons (Fsp3) is 0.333. The molecule has 21 heavy (non-hydrogen) atoms. The number of aryl methyl sites for hydroxylation is 2. The SMILES string of the molecule is CCOc1cccc(CCl)c1OCc1ccc(C)c(C)c1. The van der Waals surface area contributed by atoms with Crippen molar-refractivity contribution in [1.82, 2.24) is 0 Å². The third-order valence-corrected chi connectivity index (χ3v) is 3.75. The van der Waals surface area contributed by atoms with Gasteiger partial charge in [-0.15, -0.1) is 11.6 Å². The Morgan fingerprint density at radius 3 is 2.48 bits per heavy atom. The molecule has 3 heteroatoms. The molecule has 0 heterocycles. The monoisotopic (exact) mass is 304 g/mol. The summed E-state index contributed by atoms with van der Waals surface area (Å²) in [5.74, 6) is 1.90. The summed E-state index contributed by atoms with van der Waals surface area (Å²) in [6.07, 6.45) is 0. The van der Waals surface area contributed by atoms with Crippen molar-refractivity contribution in [3.05, 3.63) is 58.7 Å². The van der Waals surface area contributed by atoms with E-state index < -0.39 is 0 Å². The topological polar surface area (TPSA) is 18.5 Å². The third-order valence-electron chi connectivity index (χ3n) is 3.46. The van der Waals surface area contributed by atoms with E-state index >= 15 is 0 Å². The molecule has 0 atom stereocenters. The van der Waals surface area contributed by atoms with E-state index in [0.29, 0.717) is 19.1 Å². The molecule has 0 aliphatic rings. The first-order valence-electron chi connectivity index (χ1n) is 7.15. The minimum Gasteiger partial charge on any atom is -0.490 e. The summed E-state index contributed by atoms with van der Waals surface area (Å²) in [7, 11) is 0. The molecule has 0 aromatic heterocycles. The van der Waals surface area contributed by atoms with Crippen molar-refractivity contribution in [1.29, 1.82) is 0 Å². The lowest BCUT2D eigenvalue weighted by molar-refractivity contribution is 0.267. The summed E-state index contributed by atoms with van der Waals surface area (Å²) in [4.78, 5) is 0. The maximum Gasteiger partial charge on any atom is 0.166 e. The van der Waals surface area contributed by atoms with Gasteiger partial charge in [0.25, 0.3) is 0 Å². The molecular weight excluding hydrogens is 284 g/mol. The highest BCUT2D eigenvalue weighted by Crippen LogP contribution is 2.33. The first kappa shape index (κ1) is 15.7. The number of ether oxygens (including phenoxy) is 2. The van der Waals surface area contributed by atoms with E-state index in [1.807, 2.05) is 25.1 Å². The summed E-state index contributed by atoms with van der Waals surface area (Å²) in [6.45, 7) is 7.29. The van der Waals surface area contributed by atoms with Crippen molar-refractivity contribution in [2.45, 2.75) is 33.3 Å². The molecule has 112 valence electrons. The summed E-state index contributed by atoms with van der Waals surface area (Å²) in [5, 5.41) is 0. The molecule has 0 N–H and O–H groups in total. The van der Waals surface area contributed by atoms with Crippen LogP contribution in [-0.4, -0.2) is 6.61 Å². The molecule has 2 nitrogen and oxygen atoms in total. The number of hydrogen-bond donors (Lipinski definition) is 0. The van der Waals surface area contributed by atoms with Gasteiger partial charge in [-0.2, -0.15) is 0 Å². The van der Waals surface area contributed by atoms with Crippen LogP contribution >= 0.6 is 11.6 Å². The van der Waals surface area contributed by atoms with Crippen molar-refractivity contribution >= 4 is 11.6 Å². The van der Waals surface area contributed by atoms with Crippen molar-refractivity contribution in [2.75, 3.05) is 6.61 Å². The molecule has 0 spiro atoms. The average molecular weight is 305 g/mol. The number of alkyl halides is 1. The predicted octanol–water partition coefficient (Wildman–Crippen LogP) is 5.02. The molecule has 2 aromatic rings. The summed E-state index contributed by atoms with van der Waals surface area (Å²) >= 11 is 6.00. The van der Waals surface area contributed by atoms with Gasteiger partial charge in [0.05, 0.1) is 12.5 Å². The standard InChI is InChI=1S/C18H21ClO2/c1-4-20-17-7-5-6-16(11-19)18(17)21-12-15-9-8-13(2)14(3)10-15/h5-10H,4,11-12H2,1-3H3. The quantitative estimate of drug-likeness (QED) is 0.698. The zero-order valence-electron chi connectivity index (χ0n) is 12.8. The fourth-order valence-electron chi connectivity index (χ4n) is 2.15. The minimum absolute atomic E-state index is 0.406. The summed E-state index contributed by atoms with van der Waals surface area (Å²) in [6, 6.07) is 12.2. The second-order valence-electron chi connectivity index (χ2n) is 5.02. The predicted molar refractivity (Wildman–Crippen MR) is 87.4 cm³/mol. The first-order valence-corrected chi connectivity index (χ1v) is 7.68. The van der Waals surface area contributed by atoms with Crippen LogP contribution in [0.2, 0.25) is 0 Å². The lowest BCUT2D eigenvalue weighted by atomic mass is 10.1. The van der Waals surface area contributed by atoms with E-state index in [2.05, 4.69) is 32.0 Å². The van der Waals surface area contributed by atoms with E-state index in [1.165, 1.54) is 11.1 Å². The zero-order chi connectivity index (χ0) is 15.2. The molecule has 0 aliphatic heterocycles. The molecular formula is C18H21ClO2. The largest absolute Gasteiger partial charge is 0.490 e. The Hall–Kier alpha value is -1.67. The van der Waals surface area contributed by atoms with Gasteiger partial charge in [-0.05, 0) is 43.5 Å². The van der Waals surface area contributed by atoms with Gasteiger partial charge in [0.2, 0.25) is 0 Å². The van der Waals surface area contributed by atoms with Crippen LogP contribution < -0.4 is 9.47 Å². The molecule has 0 bridgehead atoms. The molecule has 0 fully saturated rings.